The number of carbonyl (C=O) groups excluding carboxylic acids is 1. The van der Waals surface area contributed by atoms with Crippen molar-refractivity contribution in [2.45, 2.75) is 13.8 Å². The number of nitrogens with zero attached hydrogens (tertiary/aromatic N) is 1. The average Bonchev–Trinajstić information content (AvgIpc) is 1.82. The number of Topliss-reactive ketones (excluding diaryl/α,β-unsaturated/α-hetero) is 1. The van der Waals surface area contributed by atoms with Crippen LogP contribution in [0.5, 0.6) is 0 Å². The van der Waals surface area contributed by atoms with Crippen molar-refractivity contribution >= 4 is 5.78 Å². The Balaban J connectivity index is 4.14. The second kappa shape index (κ2) is 3.85. The second-order valence-corrected chi connectivity index (χ2v) is 4.52. The van der Waals surface area contributed by atoms with E-state index in [1.807, 2.05) is 6.92 Å². The summed E-state index contributed by atoms with van der Waals surface area (Å²) in [6.45, 7) is 8.25. The van der Waals surface area contributed by atoms with Crippen molar-refractivity contribution in [2.75, 3.05) is 27.7 Å². The molecule has 0 aliphatic rings. The molecular formula is C10H20NO+. The number of allylic oxidation sites excluding steroid dienone is 1. The molecule has 1 unspecified atom stereocenters. The molecule has 0 radical (unpaired) electrons. The third kappa shape index (κ3) is 4.29. The maximum Gasteiger partial charge on any atom is 0.166 e. The van der Waals surface area contributed by atoms with Gasteiger partial charge in [0.25, 0.3) is 0 Å². The monoisotopic (exact) mass is 170 g/mol. The minimum absolute atomic E-state index is 0.0856. The third-order valence-electron chi connectivity index (χ3n) is 1.69. The molecule has 2 heteroatoms. The summed E-state index contributed by atoms with van der Waals surface area (Å²) in [4.78, 5) is 11.4. The lowest BCUT2D eigenvalue weighted by atomic mass is 10.0. The predicted octanol–water partition coefficient (Wildman–Crippen LogP) is 1.47. The van der Waals surface area contributed by atoms with Crippen molar-refractivity contribution < 1.29 is 9.28 Å². The molecule has 0 bridgehead atoms. The number of hydrogen-bond acceptors (Lipinski definition) is 1. The fourth-order valence-electron chi connectivity index (χ4n) is 1.33. The van der Waals surface area contributed by atoms with Gasteiger partial charge in [-0.15, -0.1) is 0 Å². The van der Waals surface area contributed by atoms with Gasteiger partial charge in [-0.2, -0.15) is 0 Å². The molecule has 0 saturated carbocycles. The quantitative estimate of drug-likeness (QED) is 0.461. The van der Waals surface area contributed by atoms with Crippen LogP contribution < -0.4 is 0 Å². The first-order valence-electron chi connectivity index (χ1n) is 4.24. The minimum Gasteiger partial charge on any atom is -0.330 e. The van der Waals surface area contributed by atoms with Gasteiger partial charge in [-0.3, -0.25) is 4.79 Å². The molecule has 0 aliphatic heterocycles. The molecule has 0 aliphatic carbocycles. The summed E-state index contributed by atoms with van der Waals surface area (Å²) in [5.74, 6) is 0.269. The van der Waals surface area contributed by atoms with E-state index in [-0.39, 0.29) is 11.7 Å². The molecule has 0 fully saturated rings. The van der Waals surface area contributed by atoms with Crippen LogP contribution in [0.15, 0.2) is 12.2 Å². The highest BCUT2D eigenvalue weighted by molar-refractivity contribution is 5.95. The van der Waals surface area contributed by atoms with Crippen LogP contribution >= 0.6 is 0 Å². The Kier molecular flexibility index (Phi) is 3.65. The Hall–Kier alpha value is -0.630. The Morgan fingerprint density at radius 3 is 2.08 bits per heavy atom. The van der Waals surface area contributed by atoms with E-state index in [2.05, 4.69) is 27.7 Å². The van der Waals surface area contributed by atoms with E-state index in [9.17, 15) is 4.79 Å². The number of rotatable bonds is 4. The molecule has 0 aromatic heterocycles. The molecule has 0 aromatic carbocycles. The normalized spacial score (nSPS) is 14.1. The summed E-state index contributed by atoms with van der Waals surface area (Å²) in [7, 11) is 6.26. The van der Waals surface area contributed by atoms with Gasteiger partial charge in [0.15, 0.2) is 5.78 Å². The highest BCUT2D eigenvalue weighted by Crippen LogP contribution is 2.07. The van der Waals surface area contributed by atoms with Crippen LogP contribution in [0.3, 0.4) is 0 Å². The van der Waals surface area contributed by atoms with Crippen molar-refractivity contribution in [3.8, 4) is 0 Å². The van der Waals surface area contributed by atoms with E-state index >= 15 is 0 Å². The van der Waals surface area contributed by atoms with Crippen molar-refractivity contribution in [2.24, 2.45) is 5.92 Å². The Labute approximate surface area is 75.5 Å². The summed E-state index contributed by atoms with van der Waals surface area (Å²) in [5, 5.41) is 0. The van der Waals surface area contributed by atoms with Crippen LogP contribution in [-0.4, -0.2) is 38.0 Å². The van der Waals surface area contributed by atoms with Crippen LogP contribution in [0.4, 0.5) is 0 Å². The zero-order valence-corrected chi connectivity index (χ0v) is 8.85. The molecule has 0 spiro atoms. The Morgan fingerprint density at radius 1 is 1.42 bits per heavy atom. The summed E-state index contributed by atoms with van der Waals surface area (Å²) in [5.41, 5.74) is 0.663. The first kappa shape index (κ1) is 11.4. The summed E-state index contributed by atoms with van der Waals surface area (Å²) in [6, 6.07) is 0. The van der Waals surface area contributed by atoms with Crippen molar-refractivity contribution in [1.29, 1.82) is 0 Å². The van der Waals surface area contributed by atoms with E-state index in [1.54, 1.807) is 6.92 Å². The smallest absolute Gasteiger partial charge is 0.166 e. The van der Waals surface area contributed by atoms with E-state index < -0.39 is 0 Å². The molecule has 1 atom stereocenters. The third-order valence-corrected chi connectivity index (χ3v) is 1.69. The van der Waals surface area contributed by atoms with Gasteiger partial charge in [-0.1, -0.05) is 6.58 Å². The highest BCUT2D eigenvalue weighted by atomic mass is 16.1. The van der Waals surface area contributed by atoms with Crippen LogP contribution in [0.2, 0.25) is 0 Å². The molecule has 0 heterocycles. The second-order valence-electron chi connectivity index (χ2n) is 4.52. The van der Waals surface area contributed by atoms with Gasteiger partial charge in [0, 0.05) is 0 Å². The Bertz CT molecular complexity index is 189. The van der Waals surface area contributed by atoms with E-state index in [4.69, 9.17) is 0 Å². The average molecular weight is 170 g/mol. The van der Waals surface area contributed by atoms with Gasteiger partial charge < -0.3 is 4.48 Å². The summed E-state index contributed by atoms with van der Waals surface area (Å²) in [6.07, 6.45) is 0. The first-order chi connectivity index (χ1) is 5.24. The Morgan fingerprint density at radius 2 is 1.83 bits per heavy atom. The fourth-order valence-corrected chi connectivity index (χ4v) is 1.33. The molecule has 2 nitrogen and oxygen atoms in total. The number of quaternary nitrogens is 1. The van der Waals surface area contributed by atoms with Gasteiger partial charge in [0.1, 0.15) is 0 Å². The predicted molar refractivity (Wildman–Crippen MR) is 51.9 cm³/mol. The summed E-state index contributed by atoms with van der Waals surface area (Å²) >= 11 is 0. The highest BCUT2D eigenvalue weighted by Gasteiger charge is 2.20. The van der Waals surface area contributed by atoms with Gasteiger partial charge >= 0.3 is 0 Å². The van der Waals surface area contributed by atoms with Gasteiger partial charge in [-0.05, 0) is 19.4 Å². The lowest BCUT2D eigenvalue weighted by Gasteiger charge is -2.26. The lowest BCUT2D eigenvalue weighted by molar-refractivity contribution is -0.872. The topological polar surface area (TPSA) is 17.1 Å². The van der Waals surface area contributed by atoms with Gasteiger partial charge in [0.05, 0.1) is 33.6 Å². The molecule has 0 rings (SSSR count). The zero-order valence-electron chi connectivity index (χ0n) is 8.85. The zero-order chi connectivity index (χ0) is 9.94. The number of carbonyl (C=O) groups is 1. The largest absolute Gasteiger partial charge is 0.330 e. The molecule has 0 amide bonds. The van der Waals surface area contributed by atoms with Crippen LogP contribution in [0, 0.1) is 5.92 Å². The SMILES string of the molecule is C=C(C)C(=O)C(C)C[N+](C)(C)C. The van der Waals surface area contributed by atoms with E-state index in [1.165, 1.54) is 0 Å². The maximum atomic E-state index is 11.4. The number of hydrogen-bond donors (Lipinski definition) is 0. The van der Waals surface area contributed by atoms with Gasteiger partial charge in [0.2, 0.25) is 0 Å². The molecule has 0 aromatic rings. The van der Waals surface area contributed by atoms with Gasteiger partial charge in [-0.25, -0.2) is 0 Å². The molecule has 70 valence electrons. The van der Waals surface area contributed by atoms with Crippen LogP contribution in [0.1, 0.15) is 13.8 Å². The number of ketones is 1. The molecule has 0 saturated heterocycles. The molecule has 12 heavy (non-hydrogen) atoms. The van der Waals surface area contributed by atoms with Crippen LogP contribution in [-0.2, 0) is 4.79 Å². The minimum atomic E-state index is 0.0856. The van der Waals surface area contributed by atoms with Crippen molar-refractivity contribution in [3.63, 3.8) is 0 Å². The molecule has 0 N–H and O–H groups in total. The van der Waals surface area contributed by atoms with Crippen molar-refractivity contribution in [1.82, 2.24) is 0 Å². The fraction of sp³-hybridized carbons (Fsp3) is 0.700. The molecular weight excluding hydrogens is 150 g/mol. The standard InChI is InChI=1S/C10H20NO/c1-8(2)10(12)9(3)7-11(4,5)6/h9H,1,7H2,2-6H3/q+1. The van der Waals surface area contributed by atoms with E-state index in [0.717, 1.165) is 11.0 Å². The first-order valence-corrected chi connectivity index (χ1v) is 4.24. The summed E-state index contributed by atoms with van der Waals surface area (Å²) < 4.78 is 0.820. The van der Waals surface area contributed by atoms with Crippen molar-refractivity contribution in [3.05, 3.63) is 12.2 Å². The lowest BCUT2D eigenvalue weighted by Crippen LogP contribution is -2.40. The maximum absolute atomic E-state index is 11.4. The van der Waals surface area contributed by atoms with E-state index in [0.29, 0.717) is 5.57 Å². The van der Waals surface area contributed by atoms with Crippen LogP contribution in [0.25, 0.3) is 0 Å².